The summed E-state index contributed by atoms with van der Waals surface area (Å²) in [4.78, 5) is 21.4. The van der Waals surface area contributed by atoms with E-state index in [1.54, 1.807) is 18.3 Å². The maximum atomic E-state index is 12.4. The molecule has 4 saturated carbocycles. The van der Waals surface area contributed by atoms with E-state index in [2.05, 4.69) is 20.1 Å². The molecule has 5 fully saturated rings. The van der Waals surface area contributed by atoms with Crippen LogP contribution in [0.25, 0.3) is 0 Å². The van der Waals surface area contributed by atoms with Crippen LogP contribution in [0.3, 0.4) is 0 Å². The summed E-state index contributed by atoms with van der Waals surface area (Å²) in [5.74, 6) is 3.96. The number of anilines is 1. The molecule has 1 amide bonds. The van der Waals surface area contributed by atoms with Crippen molar-refractivity contribution in [3.05, 3.63) is 23.5 Å². The molecule has 0 spiro atoms. The number of rotatable bonds is 4. The normalized spacial score (nSPS) is 36.1. The van der Waals surface area contributed by atoms with Gasteiger partial charge in [0.25, 0.3) is 0 Å². The fraction of sp³-hybridized carbons (Fsp3) is 0.714. The minimum atomic E-state index is -0.00651. The standard InChI is InChI=1S/C21H29ClN4O/c22-21-18(2-1-3-23-21)24-19(27)13-25-4-6-26(7-5-25)20-16-9-14-8-15(11-16)12-17(20)10-14/h1-3,14-17,20H,4-13H2,(H,24,27). The summed E-state index contributed by atoms with van der Waals surface area (Å²) in [6.07, 6.45) is 9.06. The number of carbonyl (C=O) groups is 1. The zero-order chi connectivity index (χ0) is 18.4. The summed E-state index contributed by atoms with van der Waals surface area (Å²) >= 11 is 6.03. The Labute approximate surface area is 166 Å². The molecule has 0 aromatic carbocycles. The first-order chi connectivity index (χ1) is 13.2. The molecule has 1 aliphatic heterocycles. The number of halogens is 1. The van der Waals surface area contributed by atoms with Crippen molar-refractivity contribution in [3.8, 4) is 0 Å². The van der Waals surface area contributed by atoms with Gasteiger partial charge < -0.3 is 5.32 Å². The number of hydrogen-bond donors (Lipinski definition) is 1. The molecule has 1 aromatic rings. The molecule has 4 aliphatic carbocycles. The van der Waals surface area contributed by atoms with Crippen molar-refractivity contribution >= 4 is 23.2 Å². The zero-order valence-electron chi connectivity index (χ0n) is 15.8. The molecule has 0 unspecified atom stereocenters. The number of amides is 1. The molecule has 146 valence electrons. The third-order valence-electron chi connectivity index (χ3n) is 7.41. The van der Waals surface area contributed by atoms with E-state index in [4.69, 9.17) is 11.6 Å². The topological polar surface area (TPSA) is 48.5 Å². The van der Waals surface area contributed by atoms with E-state index in [1.807, 2.05) is 0 Å². The minimum Gasteiger partial charge on any atom is -0.322 e. The molecule has 6 heteroatoms. The second-order valence-corrected chi connectivity index (χ2v) is 9.48. The predicted octanol–water partition coefficient (Wildman–Crippen LogP) is 3.12. The van der Waals surface area contributed by atoms with E-state index >= 15 is 0 Å². The van der Waals surface area contributed by atoms with Crippen molar-refractivity contribution in [3.63, 3.8) is 0 Å². The van der Waals surface area contributed by atoms with Gasteiger partial charge in [-0.05, 0) is 67.9 Å². The molecule has 1 aromatic heterocycles. The maximum absolute atomic E-state index is 12.4. The highest BCUT2D eigenvalue weighted by Gasteiger charge is 2.50. The first-order valence-electron chi connectivity index (χ1n) is 10.5. The van der Waals surface area contributed by atoms with Crippen molar-refractivity contribution < 1.29 is 4.79 Å². The lowest BCUT2D eigenvalue weighted by molar-refractivity contribution is -0.118. The minimum absolute atomic E-state index is 0.00651. The summed E-state index contributed by atoms with van der Waals surface area (Å²) in [5.41, 5.74) is 0.594. The van der Waals surface area contributed by atoms with Crippen molar-refractivity contribution in [2.24, 2.45) is 23.7 Å². The Kier molecular flexibility index (Phi) is 4.87. The van der Waals surface area contributed by atoms with Crippen LogP contribution in [-0.4, -0.2) is 59.5 Å². The van der Waals surface area contributed by atoms with Crippen molar-refractivity contribution in [1.29, 1.82) is 0 Å². The van der Waals surface area contributed by atoms with Crippen LogP contribution in [0.1, 0.15) is 32.1 Å². The Morgan fingerprint density at radius 1 is 1.07 bits per heavy atom. The predicted molar refractivity (Wildman–Crippen MR) is 107 cm³/mol. The van der Waals surface area contributed by atoms with Crippen LogP contribution >= 0.6 is 11.6 Å². The Morgan fingerprint density at radius 3 is 2.37 bits per heavy atom. The lowest BCUT2D eigenvalue weighted by atomic mass is 9.54. The lowest BCUT2D eigenvalue weighted by Gasteiger charge is -2.58. The molecule has 5 nitrogen and oxygen atoms in total. The van der Waals surface area contributed by atoms with Crippen LogP contribution in [0.2, 0.25) is 5.15 Å². The Balaban J connectivity index is 1.13. The van der Waals surface area contributed by atoms with E-state index in [0.717, 1.165) is 55.9 Å². The maximum Gasteiger partial charge on any atom is 0.238 e. The highest BCUT2D eigenvalue weighted by atomic mass is 35.5. The van der Waals surface area contributed by atoms with E-state index in [1.165, 1.54) is 32.1 Å². The van der Waals surface area contributed by atoms with Crippen LogP contribution in [0.4, 0.5) is 5.69 Å². The number of carbonyl (C=O) groups excluding carboxylic acids is 1. The number of pyridine rings is 1. The van der Waals surface area contributed by atoms with E-state index in [9.17, 15) is 4.79 Å². The van der Waals surface area contributed by atoms with Gasteiger partial charge in [0, 0.05) is 38.4 Å². The Morgan fingerprint density at radius 2 is 1.74 bits per heavy atom. The average Bonchev–Trinajstić information content (AvgIpc) is 2.64. The van der Waals surface area contributed by atoms with Gasteiger partial charge in [-0.3, -0.25) is 14.6 Å². The number of hydrogen-bond acceptors (Lipinski definition) is 4. The van der Waals surface area contributed by atoms with Gasteiger partial charge in [0.05, 0.1) is 12.2 Å². The summed E-state index contributed by atoms with van der Waals surface area (Å²) in [6, 6.07) is 4.39. The molecular formula is C21H29ClN4O. The smallest absolute Gasteiger partial charge is 0.238 e. The SMILES string of the molecule is O=C(CN1CCN(C2C3CC4CC(C3)CC2C4)CC1)Nc1cccnc1Cl. The van der Waals surface area contributed by atoms with Crippen molar-refractivity contribution in [1.82, 2.24) is 14.8 Å². The van der Waals surface area contributed by atoms with Gasteiger partial charge in [-0.1, -0.05) is 11.6 Å². The average molecular weight is 389 g/mol. The van der Waals surface area contributed by atoms with Crippen LogP contribution in [0.15, 0.2) is 18.3 Å². The number of piperazine rings is 1. The third kappa shape index (κ3) is 3.62. The zero-order valence-corrected chi connectivity index (χ0v) is 16.6. The third-order valence-corrected chi connectivity index (χ3v) is 7.71. The highest BCUT2D eigenvalue weighted by Crippen LogP contribution is 2.55. The fourth-order valence-electron chi connectivity index (χ4n) is 6.58. The molecule has 1 N–H and O–H groups in total. The number of nitrogens with one attached hydrogen (secondary N) is 1. The lowest BCUT2D eigenvalue weighted by Crippen LogP contribution is -2.60. The van der Waals surface area contributed by atoms with Crippen LogP contribution < -0.4 is 5.32 Å². The fourth-order valence-corrected chi connectivity index (χ4v) is 6.75. The van der Waals surface area contributed by atoms with E-state index in [0.29, 0.717) is 17.4 Å². The molecule has 5 aliphatic rings. The monoisotopic (exact) mass is 388 g/mol. The van der Waals surface area contributed by atoms with Crippen LogP contribution in [-0.2, 0) is 4.79 Å². The molecule has 4 bridgehead atoms. The molecule has 0 radical (unpaired) electrons. The molecular weight excluding hydrogens is 360 g/mol. The quantitative estimate of drug-likeness (QED) is 0.805. The van der Waals surface area contributed by atoms with Gasteiger partial charge in [-0.2, -0.15) is 0 Å². The van der Waals surface area contributed by atoms with Gasteiger partial charge in [0.2, 0.25) is 5.91 Å². The molecule has 2 heterocycles. The largest absolute Gasteiger partial charge is 0.322 e. The van der Waals surface area contributed by atoms with Gasteiger partial charge in [0.1, 0.15) is 0 Å². The number of aromatic nitrogens is 1. The summed E-state index contributed by atoms with van der Waals surface area (Å²) in [6.45, 7) is 4.61. The molecule has 0 atom stereocenters. The second kappa shape index (κ2) is 7.34. The van der Waals surface area contributed by atoms with Gasteiger partial charge in [-0.25, -0.2) is 4.98 Å². The van der Waals surface area contributed by atoms with Crippen LogP contribution in [0, 0.1) is 23.7 Å². The second-order valence-electron chi connectivity index (χ2n) is 9.12. The number of nitrogens with zero attached hydrogens (tertiary/aromatic N) is 3. The van der Waals surface area contributed by atoms with Crippen molar-refractivity contribution in [2.75, 3.05) is 38.0 Å². The van der Waals surface area contributed by atoms with E-state index < -0.39 is 0 Å². The molecule has 1 saturated heterocycles. The van der Waals surface area contributed by atoms with Crippen LogP contribution in [0.5, 0.6) is 0 Å². The first-order valence-corrected chi connectivity index (χ1v) is 10.9. The van der Waals surface area contributed by atoms with Gasteiger partial charge in [0.15, 0.2) is 5.15 Å². The van der Waals surface area contributed by atoms with Crippen molar-refractivity contribution in [2.45, 2.75) is 38.1 Å². The Hall–Kier alpha value is -1.17. The summed E-state index contributed by atoms with van der Waals surface area (Å²) in [7, 11) is 0. The van der Waals surface area contributed by atoms with Gasteiger partial charge >= 0.3 is 0 Å². The Bertz CT molecular complexity index is 675. The van der Waals surface area contributed by atoms with E-state index in [-0.39, 0.29) is 5.91 Å². The molecule has 6 rings (SSSR count). The summed E-state index contributed by atoms with van der Waals surface area (Å²) < 4.78 is 0. The summed E-state index contributed by atoms with van der Waals surface area (Å²) in [5, 5.41) is 3.23. The first kappa shape index (κ1) is 17.9. The van der Waals surface area contributed by atoms with Gasteiger partial charge in [-0.15, -0.1) is 0 Å². The highest BCUT2D eigenvalue weighted by molar-refractivity contribution is 6.32. The molecule has 27 heavy (non-hydrogen) atoms.